The maximum absolute atomic E-state index is 11.9. The summed E-state index contributed by atoms with van der Waals surface area (Å²) in [6.45, 7) is 0. The zero-order chi connectivity index (χ0) is 14.8. The first-order valence-corrected chi connectivity index (χ1v) is 6.57. The molecule has 3 rings (SSSR count). The Kier molecular flexibility index (Phi) is 3.36. The van der Waals surface area contributed by atoms with E-state index in [9.17, 15) is 4.79 Å². The largest absolute Gasteiger partial charge is 0.497 e. The molecule has 21 heavy (non-hydrogen) atoms. The van der Waals surface area contributed by atoms with Crippen LogP contribution in [0, 0.1) is 0 Å². The van der Waals surface area contributed by atoms with E-state index < -0.39 is 0 Å². The van der Waals surface area contributed by atoms with E-state index >= 15 is 0 Å². The summed E-state index contributed by atoms with van der Waals surface area (Å²) >= 11 is 0. The number of fused-ring (bicyclic) bond motifs is 1. The number of H-pyrrole nitrogens is 1. The molecular formula is C17H15NO3. The Hall–Kier alpha value is -2.75. The highest BCUT2D eigenvalue weighted by Gasteiger charge is 2.11. The van der Waals surface area contributed by atoms with E-state index in [1.807, 2.05) is 42.5 Å². The van der Waals surface area contributed by atoms with Crippen LogP contribution in [0.5, 0.6) is 11.5 Å². The second-order valence-corrected chi connectivity index (χ2v) is 4.66. The van der Waals surface area contributed by atoms with E-state index in [2.05, 4.69) is 4.98 Å². The van der Waals surface area contributed by atoms with Crippen molar-refractivity contribution in [3.63, 3.8) is 0 Å². The highest BCUT2D eigenvalue weighted by Crippen LogP contribution is 2.34. The summed E-state index contributed by atoms with van der Waals surface area (Å²) in [5.41, 5.74) is 2.33. The van der Waals surface area contributed by atoms with Gasteiger partial charge >= 0.3 is 0 Å². The minimum atomic E-state index is -0.145. The number of ether oxygens (including phenoxy) is 2. The molecule has 106 valence electrons. The molecule has 0 unspecified atom stereocenters. The number of methoxy groups -OCH3 is 2. The molecule has 0 radical (unpaired) electrons. The predicted octanol–water partition coefficient (Wildman–Crippen LogP) is 3.21. The van der Waals surface area contributed by atoms with Crippen LogP contribution in [0.25, 0.3) is 22.0 Å². The number of aromatic nitrogens is 1. The van der Waals surface area contributed by atoms with Crippen molar-refractivity contribution in [3.05, 3.63) is 58.9 Å². The molecule has 0 spiro atoms. The molecule has 1 heterocycles. The second-order valence-electron chi connectivity index (χ2n) is 4.66. The molecule has 0 atom stereocenters. The van der Waals surface area contributed by atoms with Gasteiger partial charge in [-0.3, -0.25) is 4.79 Å². The zero-order valence-corrected chi connectivity index (χ0v) is 11.8. The van der Waals surface area contributed by atoms with Crippen molar-refractivity contribution in [1.82, 2.24) is 4.98 Å². The standard InChI is InChI=1S/C17H15NO3/c1-20-11-7-8-15-14(9-11)13(10-17(19)18-15)12-5-3-4-6-16(12)21-2/h3-10H,1-2H3,(H,18,19). The topological polar surface area (TPSA) is 51.3 Å². The Morgan fingerprint density at radius 2 is 1.71 bits per heavy atom. The first-order chi connectivity index (χ1) is 10.2. The molecule has 0 saturated heterocycles. The second kappa shape index (κ2) is 5.32. The van der Waals surface area contributed by atoms with Gasteiger partial charge in [0.15, 0.2) is 0 Å². The van der Waals surface area contributed by atoms with Gasteiger partial charge in [0, 0.05) is 28.1 Å². The molecule has 0 aliphatic rings. The van der Waals surface area contributed by atoms with E-state index in [-0.39, 0.29) is 5.56 Å². The quantitative estimate of drug-likeness (QED) is 0.802. The van der Waals surface area contributed by atoms with Crippen LogP contribution in [0.4, 0.5) is 0 Å². The Morgan fingerprint density at radius 1 is 0.905 bits per heavy atom. The smallest absolute Gasteiger partial charge is 0.249 e. The third-order valence-corrected chi connectivity index (χ3v) is 3.45. The lowest BCUT2D eigenvalue weighted by Crippen LogP contribution is -2.05. The predicted molar refractivity (Wildman–Crippen MR) is 83.1 cm³/mol. The monoisotopic (exact) mass is 281 g/mol. The first-order valence-electron chi connectivity index (χ1n) is 6.57. The molecule has 3 aromatic rings. The molecule has 1 N–H and O–H groups in total. The summed E-state index contributed by atoms with van der Waals surface area (Å²) in [6.07, 6.45) is 0. The highest BCUT2D eigenvalue weighted by atomic mass is 16.5. The van der Waals surface area contributed by atoms with Gasteiger partial charge in [-0.2, -0.15) is 0 Å². The maximum atomic E-state index is 11.9. The van der Waals surface area contributed by atoms with Crippen molar-refractivity contribution >= 4 is 10.9 Å². The van der Waals surface area contributed by atoms with E-state index in [4.69, 9.17) is 9.47 Å². The van der Waals surface area contributed by atoms with Crippen LogP contribution < -0.4 is 15.0 Å². The molecule has 0 amide bonds. The van der Waals surface area contributed by atoms with E-state index in [0.717, 1.165) is 33.5 Å². The maximum Gasteiger partial charge on any atom is 0.249 e. The lowest BCUT2D eigenvalue weighted by Gasteiger charge is -2.11. The third-order valence-electron chi connectivity index (χ3n) is 3.45. The number of aromatic amines is 1. The summed E-state index contributed by atoms with van der Waals surface area (Å²) < 4.78 is 10.7. The van der Waals surface area contributed by atoms with Gasteiger partial charge in [-0.15, -0.1) is 0 Å². The number of hydrogen-bond donors (Lipinski definition) is 1. The summed E-state index contributed by atoms with van der Waals surface area (Å²) in [5.74, 6) is 1.47. The molecule has 0 aliphatic heterocycles. The van der Waals surface area contributed by atoms with Crippen LogP contribution in [0.2, 0.25) is 0 Å². The van der Waals surface area contributed by atoms with E-state index in [1.165, 1.54) is 0 Å². The number of para-hydroxylation sites is 1. The molecule has 4 nitrogen and oxygen atoms in total. The molecule has 1 aromatic heterocycles. The van der Waals surface area contributed by atoms with Crippen LogP contribution in [0.15, 0.2) is 53.3 Å². The summed E-state index contributed by atoms with van der Waals surface area (Å²) in [5, 5.41) is 0.915. The van der Waals surface area contributed by atoms with E-state index in [0.29, 0.717) is 0 Å². The van der Waals surface area contributed by atoms with Crippen LogP contribution in [0.1, 0.15) is 0 Å². The van der Waals surface area contributed by atoms with Gasteiger partial charge in [-0.1, -0.05) is 18.2 Å². The lowest BCUT2D eigenvalue weighted by atomic mass is 10.0. The highest BCUT2D eigenvalue weighted by molar-refractivity contribution is 5.96. The van der Waals surface area contributed by atoms with Crippen LogP contribution in [0.3, 0.4) is 0 Å². The third kappa shape index (κ3) is 2.36. The van der Waals surface area contributed by atoms with Crippen LogP contribution >= 0.6 is 0 Å². The Labute approximate surface area is 122 Å². The Morgan fingerprint density at radius 3 is 2.48 bits per heavy atom. The minimum Gasteiger partial charge on any atom is -0.497 e. The number of rotatable bonds is 3. The number of benzene rings is 2. The van der Waals surface area contributed by atoms with Gasteiger partial charge in [0.25, 0.3) is 0 Å². The molecule has 0 fully saturated rings. The molecule has 0 bridgehead atoms. The number of pyridine rings is 1. The van der Waals surface area contributed by atoms with Crippen LogP contribution in [-0.4, -0.2) is 19.2 Å². The lowest BCUT2D eigenvalue weighted by molar-refractivity contribution is 0.415. The summed E-state index contributed by atoms with van der Waals surface area (Å²) in [6, 6.07) is 14.8. The van der Waals surface area contributed by atoms with E-state index in [1.54, 1.807) is 20.3 Å². The van der Waals surface area contributed by atoms with Gasteiger partial charge in [0.05, 0.1) is 14.2 Å². The van der Waals surface area contributed by atoms with Crippen molar-refractivity contribution < 1.29 is 9.47 Å². The number of hydrogen-bond acceptors (Lipinski definition) is 3. The van der Waals surface area contributed by atoms with Gasteiger partial charge < -0.3 is 14.5 Å². The summed E-state index contributed by atoms with van der Waals surface area (Å²) in [4.78, 5) is 14.7. The average Bonchev–Trinajstić information content (AvgIpc) is 2.53. The van der Waals surface area contributed by atoms with Gasteiger partial charge in [-0.25, -0.2) is 0 Å². The SMILES string of the molecule is COc1ccc2[nH]c(=O)cc(-c3ccccc3OC)c2c1. The van der Waals surface area contributed by atoms with Crippen molar-refractivity contribution in [2.45, 2.75) is 0 Å². The fourth-order valence-electron chi connectivity index (χ4n) is 2.45. The molecule has 4 heteroatoms. The fraction of sp³-hybridized carbons (Fsp3) is 0.118. The zero-order valence-electron chi connectivity index (χ0n) is 11.8. The molecular weight excluding hydrogens is 266 g/mol. The Bertz CT molecular complexity index is 852. The molecule has 0 saturated carbocycles. The normalized spacial score (nSPS) is 10.6. The van der Waals surface area contributed by atoms with Gasteiger partial charge in [-0.05, 0) is 24.3 Å². The minimum absolute atomic E-state index is 0.145. The number of nitrogens with one attached hydrogen (secondary N) is 1. The fourth-order valence-corrected chi connectivity index (χ4v) is 2.45. The molecule has 2 aromatic carbocycles. The van der Waals surface area contributed by atoms with Crippen LogP contribution in [-0.2, 0) is 0 Å². The van der Waals surface area contributed by atoms with Gasteiger partial charge in [0.2, 0.25) is 5.56 Å². The summed E-state index contributed by atoms with van der Waals surface area (Å²) in [7, 11) is 3.24. The van der Waals surface area contributed by atoms with Gasteiger partial charge in [0.1, 0.15) is 11.5 Å². The van der Waals surface area contributed by atoms with Crippen molar-refractivity contribution in [1.29, 1.82) is 0 Å². The van der Waals surface area contributed by atoms with Crippen molar-refractivity contribution in [3.8, 4) is 22.6 Å². The Balaban J connectivity index is 2.37. The average molecular weight is 281 g/mol. The van der Waals surface area contributed by atoms with Crippen molar-refractivity contribution in [2.24, 2.45) is 0 Å². The molecule has 0 aliphatic carbocycles. The first kappa shape index (κ1) is 13.2. The van der Waals surface area contributed by atoms with Crippen molar-refractivity contribution in [2.75, 3.05) is 14.2 Å².